The second-order valence-electron chi connectivity index (χ2n) is 6.58. The van der Waals surface area contributed by atoms with Gasteiger partial charge in [-0.3, -0.25) is 0 Å². The fourth-order valence-electron chi connectivity index (χ4n) is 2.83. The molecule has 0 N–H and O–H groups in total. The standard InChI is InChI=1S/C21H36O3S/c1-3-5-6-7-8-9-10-11-12-13-14-15-18-24-20-17-16-19(25-20)21(22)23-4-2/h16-17H,3-15,18H2,1-2H3. The molecule has 0 saturated heterocycles. The second kappa shape index (κ2) is 15.2. The SMILES string of the molecule is CCCCCCCCCCCCCCOc1ccc(C(=O)OCC)s1. The molecule has 0 fully saturated rings. The minimum Gasteiger partial charge on any atom is -0.484 e. The van der Waals surface area contributed by atoms with Crippen molar-refractivity contribution in [3.05, 3.63) is 17.0 Å². The van der Waals surface area contributed by atoms with E-state index in [4.69, 9.17) is 9.47 Å². The molecule has 0 atom stereocenters. The van der Waals surface area contributed by atoms with Crippen LogP contribution < -0.4 is 4.74 Å². The molecular weight excluding hydrogens is 332 g/mol. The zero-order chi connectivity index (χ0) is 18.2. The van der Waals surface area contributed by atoms with Crippen LogP contribution in [0, 0.1) is 0 Å². The van der Waals surface area contributed by atoms with Gasteiger partial charge in [0.1, 0.15) is 4.88 Å². The summed E-state index contributed by atoms with van der Waals surface area (Å²) in [5.41, 5.74) is 0. The van der Waals surface area contributed by atoms with Crippen LogP contribution in [0.25, 0.3) is 0 Å². The van der Waals surface area contributed by atoms with Crippen molar-refractivity contribution in [2.24, 2.45) is 0 Å². The van der Waals surface area contributed by atoms with Gasteiger partial charge in [0.25, 0.3) is 0 Å². The van der Waals surface area contributed by atoms with E-state index in [0.717, 1.165) is 18.1 Å². The summed E-state index contributed by atoms with van der Waals surface area (Å²) in [5.74, 6) is -0.257. The van der Waals surface area contributed by atoms with Crippen molar-refractivity contribution in [3.8, 4) is 5.06 Å². The molecule has 0 aliphatic carbocycles. The zero-order valence-corrected chi connectivity index (χ0v) is 17.0. The minimum atomic E-state index is -0.257. The molecule has 0 aromatic carbocycles. The van der Waals surface area contributed by atoms with Crippen LogP contribution in [-0.2, 0) is 4.74 Å². The maximum atomic E-state index is 11.6. The van der Waals surface area contributed by atoms with Crippen molar-refractivity contribution in [1.82, 2.24) is 0 Å². The molecule has 0 spiro atoms. The zero-order valence-electron chi connectivity index (χ0n) is 16.2. The Morgan fingerprint density at radius 3 is 1.96 bits per heavy atom. The Hall–Kier alpha value is -1.03. The van der Waals surface area contributed by atoms with Gasteiger partial charge >= 0.3 is 5.97 Å². The number of ether oxygens (including phenoxy) is 2. The number of hydrogen-bond acceptors (Lipinski definition) is 4. The molecule has 1 aromatic heterocycles. The summed E-state index contributed by atoms with van der Waals surface area (Å²) < 4.78 is 10.7. The number of esters is 1. The lowest BCUT2D eigenvalue weighted by Gasteiger charge is -2.04. The third-order valence-corrected chi connectivity index (χ3v) is 5.28. The second-order valence-corrected chi connectivity index (χ2v) is 7.62. The van der Waals surface area contributed by atoms with Crippen molar-refractivity contribution >= 4 is 17.3 Å². The van der Waals surface area contributed by atoms with E-state index in [1.165, 1.54) is 82.0 Å². The van der Waals surface area contributed by atoms with Crippen molar-refractivity contribution in [2.45, 2.75) is 90.9 Å². The summed E-state index contributed by atoms with van der Waals surface area (Å²) >= 11 is 1.37. The molecule has 1 heterocycles. The molecule has 0 amide bonds. The number of unbranched alkanes of at least 4 members (excludes halogenated alkanes) is 11. The predicted octanol–water partition coefficient (Wildman–Crippen LogP) is 7.00. The average Bonchev–Trinajstić information content (AvgIpc) is 3.08. The van der Waals surface area contributed by atoms with Crippen LogP contribution in [0.2, 0.25) is 0 Å². The van der Waals surface area contributed by atoms with E-state index in [-0.39, 0.29) is 5.97 Å². The fourth-order valence-corrected chi connectivity index (χ4v) is 3.60. The first-order valence-electron chi connectivity index (χ1n) is 10.2. The lowest BCUT2D eigenvalue weighted by Crippen LogP contribution is -2.01. The molecule has 25 heavy (non-hydrogen) atoms. The number of rotatable bonds is 16. The first kappa shape index (κ1) is 22.0. The van der Waals surface area contributed by atoms with Crippen molar-refractivity contribution in [1.29, 1.82) is 0 Å². The number of thiophene rings is 1. The molecule has 1 aromatic rings. The van der Waals surface area contributed by atoms with E-state index in [9.17, 15) is 4.79 Å². The van der Waals surface area contributed by atoms with Crippen LogP contribution in [0.1, 0.15) is 101 Å². The molecule has 0 radical (unpaired) electrons. The summed E-state index contributed by atoms with van der Waals surface area (Å²) in [6.45, 7) is 5.23. The highest BCUT2D eigenvalue weighted by Crippen LogP contribution is 2.25. The van der Waals surface area contributed by atoms with Gasteiger partial charge in [0.15, 0.2) is 5.06 Å². The van der Waals surface area contributed by atoms with Crippen LogP contribution in [-0.4, -0.2) is 19.2 Å². The Bertz CT molecular complexity index is 442. The summed E-state index contributed by atoms with van der Waals surface area (Å²) in [6, 6.07) is 3.64. The van der Waals surface area contributed by atoms with E-state index < -0.39 is 0 Å². The smallest absolute Gasteiger partial charge is 0.348 e. The van der Waals surface area contributed by atoms with Crippen LogP contribution in [0.5, 0.6) is 5.06 Å². The lowest BCUT2D eigenvalue weighted by atomic mass is 10.1. The van der Waals surface area contributed by atoms with Gasteiger partial charge in [-0.25, -0.2) is 4.79 Å². The van der Waals surface area contributed by atoms with Crippen LogP contribution in [0.15, 0.2) is 12.1 Å². The molecular formula is C21H36O3S. The van der Waals surface area contributed by atoms with Gasteiger partial charge in [0.2, 0.25) is 0 Å². The van der Waals surface area contributed by atoms with Crippen LogP contribution >= 0.6 is 11.3 Å². The predicted molar refractivity (Wildman–Crippen MR) is 107 cm³/mol. The van der Waals surface area contributed by atoms with Crippen LogP contribution in [0.4, 0.5) is 0 Å². The van der Waals surface area contributed by atoms with Crippen molar-refractivity contribution in [3.63, 3.8) is 0 Å². The van der Waals surface area contributed by atoms with Crippen molar-refractivity contribution in [2.75, 3.05) is 13.2 Å². The summed E-state index contributed by atoms with van der Waals surface area (Å²) in [6.07, 6.45) is 16.1. The van der Waals surface area contributed by atoms with Gasteiger partial charge in [-0.2, -0.15) is 0 Å². The Morgan fingerprint density at radius 1 is 0.840 bits per heavy atom. The topological polar surface area (TPSA) is 35.5 Å². The summed E-state index contributed by atoms with van der Waals surface area (Å²) in [4.78, 5) is 12.2. The highest BCUT2D eigenvalue weighted by molar-refractivity contribution is 7.15. The summed E-state index contributed by atoms with van der Waals surface area (Å²) in [7, 11) is 0. The molecule has 3 nitrogen and oxygen atoms in total. The molecule has 1 rings (SSSR count). The molecule has 144 valence electrons. The van der Waals surface area contributed by atoms with E-state index in [2.05, 4.69) is 6.92 Å². The maximum Gasteiger partial charge on any atom is 0.348 e. The lowest BCUT2D eigenvalue weighted by molar-refractivity contribution is 0.0532. The van der Waals surface area contributed by atoms with E-state index in [1.54, 1.807) is 6.07 Å². The Morgan fingerprint density at radius 2 is 1.40 bits per heavy atom. The monoisotopic (exact) mass is 368 g/mol. The molecule has 0 saturated carbocycles. The molecule has 0 bridgehead atoms. The van der Waals surface area contributed by atoms with Crippen LogP contribution in [0.3, 0.4) is 0 Å². The fraction of sp³-hybridized carbons (Fsp3) is 0.762. The number of carbonyl (C=O) groups is 1. The summed E-state index contributed by atoms with van der Waals surface area (Å²) in [5, 5.41) is 0.811. The molecule has 0 aliphatic rings. The van der Waals surface area contributed by atoms with Gasteiger partial charge in [0.05, 0.1) is 13.2 Å². The van der Waals surface area contributed by atoms with Gasteiger partial charge in [0, 0.05) is 0 Å². The third-order valence-electron chi connectivity index (χ3n) is 4.30. The first-order valence-corrected chi connectivity index (χ1v) is 11.0. The van der Waals surface area contributed by atoms with E-state index >= 15 is 0 Å². The third kappa shape index (κ3) is 11.2. The normalized spacial score (nSPS) is 10.8. The van der Waals surface area contributed by atoms with E-state index in [0.29, 0.717) is 11.5 Å². The highest BCUT2D eigenvalue weighted by Gasteiger charge is 2.10. The van der Waals surface area contributed by atoms with E-state index in [1.807, 2.05) is 13.0 Å². The Kier molecular flexibility index (Phi) is 13.4. The first-order chi connectivity index (χ1) is 12.3. The van der Waals surface area contributed by atoms with Gasteiger partial charge < -0.3 is 9.47 Å². The molecule has 0 aliphatic heterocycles. The van der Waals surface area contributed by atoms with Gasteiger partial charge in [-0.1, -0.05) is 88.9 Å². The van der Waals surface area contributed by atoms with Crippen molar-refractivity contribution < 1.29 is 14.3 Å². The van der Waals surface area contributed by atoms with Gasteiger partial charge in [-0.15, -0.1) is 0 Å². The average molecular weight is 369 g/mol. The quantitative estimate of drug-likeness (QED) is 0.233. The molecule has 0 unspecified atom stereocenters. The highest BCUT2D eigenvalue weighted by atomic mass is 32.1. The molecule has 4 heteroatoms. The Balaban J connectivity index is 1.90. The number of hydrogen-bond donors (Lipinski definition) is 0. The number of carbonyl (C=O) groups excluding carboxylic acids is 1. The maximum absolute atomic E-state index is 11.6. The van der Waals surface area contributed by atoms with Gasteiger partial charge in [-0.05, 0) is 25.5 Å². The minimum absolute atomic E-state index is 0.257. The largest absolute Gasteiger partial charge is 0.484 e. The Labute approximate surface area is 158 Å².